The molecule has 0 spiro atoms. The van der Waals surface area contributed by atoms with Crippen LogP contribution in [0.3, 0.4) is 0 Å². The van der Waals surface area contributed by atoms with Crippen LogP contribution in [0.15, 0.2) is 24.3 Å². The highest BCUT2D eigenvalue weighted by Crippen LogP contribution is 2.33. The van der Waals surface area contributed by atoms with Crippen LogP contribution in [0.2, 0.25) is 0 Å². The predicted octanol–water partition coefficient (Wildman–Crippen LogP) is 3.57. The van der Waals surface area contributed by atoms with Crippen LogP contribution >= 0.6 is 0 Å². The lowest BCUT2D eigenvalue weighted by Crippen LogP contribution is -2.41. The van der Waals surface area contributed by atoms with Crippen molar-refractivity contribution in [3.63, 3.8) is 0 Å². The van der Waals surface area contributed by atoms with Gasteiger partial charge in [0, 0.05) is 31.4 Å². The molecule has 1 unspecified atom stereocenters. The maximum Gasteiger partial charge on any atom is 0.0414 e. The molecule has 1 aliphatic carbocycles. The van der Waals surface area contributed by atoms with Crippen LogP contribution in [0.4, 0.5) is 5.69 Å². The van der Waals surface area contributed by atoms with Crippen molar-refractivity contribution in [3.05, 3.63) is 29.8 Å². The molecule has 1 fully saturated rings. The van der Waals surface area contributed by atoms with Gasteiger partial charge in [-0.3, -0.25) is 0 Å². The van der Waals surface area contributed by atoms with Crippen LogP contribution in [0, 0.1) is 5.92 Å². The first kappa shape index (κ1) is 13.0. The maximum atomic E-state index is 3.55. The number of rotatable bonds is 2. The Kier molecular flexibility index (Phi) is 4.07. The molecule has 1 N–H and O–H groups in total. The molecule has 0 radical (unpaired) electrons. The number of hydrogen-bond donors (Lipinski definition) is 1. The quantitative estimate of drug-likeness (QED) is 0.872. The summed E-state index contributed by atoms with van der Waals surface area (Å²) in [7, 11) is 0. The van der Waals surface area contributed by atoms with Gasteiger partial charge in [0.15, 0.2) is 0 Å². The van der Waals surface area contributed by atoms with Crippen LogP contribution in [-0.4, -0.2) is 19.1 Å². The van der Waals surface area contributed by atoms with E-state index >= 15 is 0 Å². The summed E-state index contributed by atoms with van der Waals surface area (Å²) in [6, 6.07) is 9.61. The van der Waals surface area contributed by atoms with E-state index in [2.05, 4.69) is 41.4 Å². The third-order valence-electron chi connectivity index (χ3n) is 4.97. The van der Waals surface area contributed by atoms with Crippen molar-refractivity contribution in [2.24, 2.45) is 5.92 Å². The first-order valence-electron chi connectivity index (χ1n) is 7.91. The average molecular weight is 258 g/mol. The van der Waals surface area contributed by atoms with Gasteiger partial charge < -0.3 is 10.2 Å². The molecule has 2 nitrogen and oxygen atoms in total. The summed E-state index contributed by atoms with van der Waals surface area (Å²) < 4.78 is 0. The second-order valence-electron chi connectivity index (χ2n) is 6.14. The lowest BCUT2D eigenvalue weighted by Gasteiger charge is -2.38. The SMILES string of the molecule is CC(C1CCCCC1)N1CCNCc2ccccc21. The highest BCUT2D eigenvalue weighted by atomic mass is 15.2. The molecule has 0 aromatic heterocycles. The second kappa shape index (κ2) is 5.96. The molecular weight excluding hydrogens is 232 g/mol. The number of fused-ring (bicyclic) bond motifs is 1. The van der Waals surface area contributed by atoms with Gasteiger partial charge in [0.2, 0.25) is 0 Å². The van der Waals surface area contributed by atoms with Crippen molar-refractivity contribution in [2.45, 2.75) is 51.6 Å². The molecule has 1 saturated carbocycles. The van der Waals surface area contributed by atoms with Crippen LogP contribution in [0.25, 0.3) is 0 Å². The van der Waals surface area contributed by atoms with Crippen LogP contribution in [0.1, 0.15) is 44.6 Å². The number of para-hydroxylation sites is 1. The topological polar surface area (TPSA) is 15.3 Å². The highest BCUT2D eigenvalue weighted by Gasteiger charge is 2.27. The third kappa shape index (κ3) is 2.79. The summed E-state index contributed by atoms with van der Waals surface area (Å²) in [6.45, 7) is 5.71. The Morgan fingerprint density at radius 3 is 2.79 bits per heavy atom. The smallest absolute Gasteiger partial charge is 0.0414 e. The van der Waals surface area contributed by atoms with Gasteiger partial charge >= 0.3 is 0 Å². The average Bonchev–Trinajstić information content (AvgIpc) is 2.70. The Balaban J connectivity index is 1.82. The van der Waals surface area contributed by atoms with Crippen molar-refractivity contribution in [1.29, 1.82) is 0 Å². The van der Waals surface area contributed by atoms with Gasteiger partial charge in [-0.1, -0.05) is 37.5 Å². The van der Waals surface area contributed by atoms with Gasteiger partial charge in [-0.15, -0.1) is 0 Å². The molecule has 0 amide bonds. The molecule has 104 valence electrons. The lowest BCUT2D eigenvalue weighted by molar-refractivity contribution is 0.305. The molecule has 3 rings (SSSR count). The molecule has 1 aliphatic heterocycles. The summed E-state index contributed by atoms with van der Waals surface area (Å²) in [4.78, 5) is 2.66. The highest BCUT2D eigenvalue weighted by molar-refractivity contribution is 5.55. The third-order valence-corrected chi connectivity index (χ3v) is 4.97. The van der Waals surface area contributed by atoms with Gasteiger partial charge in [0.1, 0.15) is 0 Å². The van der Waals surface area contributed by atoms with E-state index in [0.717, 1.165) is 25.6 Å². The van der Waals surface area contributed by atoms with Gasteiger partial charge in [0.25, 0.3) is 0 Å². The molecule has 1 heterocycles. The molecular formula is C17H26N2. The Bertz CT molecular complexity index is 409. The minimum Gasteiger partial charge on any atom is -0.367 e. The second-order valence-corrected chi connectivity index (χ2v) is 6.14. The van der Waals surface area contributed by atoms with Crippen molar-refractivity contribution in [3.8, 4) is 0 Å². The molecule has 1 aromatic carbocycles. The summed E-state index contributed by atoms with van der Waals surface area (Å²) >= 11 is 0. The van der Waals surface area contributed by atoms with E-state index < -0.39 is 0 Å². The van der Waals surface area contributed by atoms with E-state index in [1.54, 1.807) is 0 Å². The number of anilines is 1. The molecule has 0 saturated heterocycles. The van der Waals surface area contributed by atoms with E-state index in [4.69, 9.17) is 0 Å². The monoisotopic (exact) mass is 258 g/mol. The van der Waals surface area contributed by atoms with E-state index in [0.29, 0.717) is 6.04 Å². The maximum absolute atomic E-state index is 3.55. The zero-order valence-electron chi connectivity index (χ0n) is 12.1. The fraction of sp³-hybridized carbons (Fsp3) is 0.647. The van der Waals surface area contributed by atoms with E-state index in [1.807, 2.05) is 0 Å². The summed E-state index contributed by atoms with van der Waals surface area (Å²) in [5, 5.41) is 3.55. The Morgan fingerprint density at radius 1 is 1.16 bits per heavy atom. The molecule has 19 heavy (non-hydrogen) atoms. The molecule has 0 bridgehead atoms. The molecule has 1 atom stereocenters. The van der Waals surface area contributed by atoms with Crippen LogP contribution in [0.5, 0.6) is 0 Å². The Labute approximate surface area is 117 Å². The summed E-state index contributed by atoms with van der Waals surface area (Å²) in [6.07, 6.45) is 7.16. The minimum absolute atomic E-state index is 0.682. The molecule has 1 aromatic rings. The van der Waals surface area contributed by atoms with E-state index in [1.165, 1.54) is 43.4 Å². The standard InChI is InChI=1S/C17H26N2/c1-14(15-7-3-2-4-8-15)19-12-11-18-13-16-9-5-6-10-17(16)19/h5-6,9-10,14-15,18H,2-4,7-8,11-13H2,1H3. The molecule has 2 heteroatoms. The van der Waals surface area contributed by atoms with Crippen molar-refractivity contribution in [1.82, 2.24) is 5.32 Å². The van der Waals surface area contributed by atoms with Gasteiger partial charge in [0.05, 0.1) is 0 Å². The summed E-state index contributed by atoms with van der Waals surface area (Å²) in [5.41, 5.74) is 2.92. The number of nitrogens with one attached hydrogen (secondary N) is 1. The van der Waals surface area contributed by atoms with E-state index in [-0.39, 0.29) is 0 Å². The first-order chi connectivity index (χ1) is 9.36. The largest absolute Gasteiger partial charge is 0.367 e. The minimum atomic E-state index is 0.682. The van der Waals surface area contributed by atoms with Gasteiger partial charge in [-0.25, -0.2) is 0 Å². The van der Waals surface area contributed by atoms with Crippen LogP contribution in [-0.2, 0) is 6.54 Å². The zero-order valence-corrected chi connectivity index (χ0v) is 12.1. The fourth-order valence-corrected chi connectivity index (χ4v) is 3.78. The lowest BCUT2D eigenvalue weighted by atomic mass is 9.83. The number of benzene rings is 1. The van der Waals surface area contributed by atoms with Crippen molar-refractivity contribution >= 4 is 5.69 Å². The fourth-order valence-electron chi connectivity index (χ4n) is 3.78. The zero-order chi connectivity index (χ0) is 13.1. The Hall–Kier alpha value is -1.02. The van der Waals surface area contributed by atoms with Crippen LogP contribution < -0.4 is 10.2 Å². The first-order valence-corrected chi connectivity index (χ1v) is 7.91. The van der Waals surface area contributed by atoms with Gasteiger partial charge in [-0.05, 0) is 37.3 Å². The predicted molar refractivity (Wildman–Crippen MR) is 81.5 cm³/mol. The van der Waals surface area contributed by atoms with Crippen molar-refractivity contribution in [2.75, 3.05) is 18.0 Å². The van der Waals surface area contributed by atoms with Gasteiger partial charge in [-0.2, -0.15) is 0 Å². The summed E-state index contributed by atoms with van der Waals surface area (Å²) in [5.74, 6) is 0.889. The van der Waals surface area contributed by atoms with Crippen molar-refractivity contribution < 1.29 is 0 Å². The normalized spacial score (nSPS) is 22.7. The Morgan fingerprint density at radius 2 is 1.95 bits per heavy atom. The molecule has 2 aliphatic rings. The number of nitrogens with zero attached hydrogens (tertiary/aromatic N) is 1. The van der Waals surface area contributed by atoms with E-state index in [9.17, 15) is 0 Å². The number of hydrogen-bond acceptors (Lipinski definition) is 2.